The van der Waals surface area contributed by atoms with Crippen molar-refractivity contribution in [1.82, 2.24) is 4.98 Å². The number of aromatic amines is 1. The number of rotatable bonds is 2. The molecule has 1 aliphatic rings. The fourth-order valence-corrected chi connectivity index (χ4v) is 3.74. The molecule has 0 aliphatic heterocycles. The molecular formula is C20H19ClN2O. The van der Waals surface area contributed by atoms with E-state index in [4.69, 9.17) is 11.6 Å². The normalized spacial score (nSPS) is 16.8. The monoisotopic (exact) mass is 338 g/mol. The van der Waals surface area contributed by atoms with Crippen molar-refractivity contribution in [2.75, 3.05) is 5.32 Å². The summed E-state index contributed by atoms with van der Waals surface area (Å²) < 4.78 is 0. The van der Waals surface area contributed by atoms with Gasteiger partial charge in [0.15, 0.2) is 0 Å². The Morgan fingerprint density at radius 3 is 2.92 bits per heavy atom. The average Bonchev–Trinajstić information content (AvgIpc) is 2.94. The second-order valence-electron chi connectivity index (χ2n) is 6.54. The number of hydrogen-bond donors (Lipinski definition) is 2. The molecule has 0 saturated carbocycles. The Balaban J connectivity index is 1.59. The fraction of sp³-hybridized carbons (Fsp3) is 0.250. The molecule has 3 nitrogen and oxygen atoms in total. The number of carbonyl (C=O) groups is 1. The van der Waals surface area contributed by atoms with Crippen molar-refractivity contribution in [2.24, 2.45) is 5.92 Å². The standard InChI is InChI=1S/C20H19ClN2O/c1-12-6-8-17-14(10-12)15-11-13(7-9-18(15)22-17)20(24)23-19-5-3-2-4-16(19)21/h2-6,8,10,13,22H,7,9,11H2,1H3,(H,23,24). The van der Waals surface area contributed by atoms with E-state index >= 15 is 0 Å². The molecule has 1 amide bonds. The summed E-state index contributed by atoms with van der Waals surface area (Å²) >= 11 is 6.15. The van der Waals surface area contributed by atoms with Crippen LogP contribution >= 0.6 is 11.6 Å². The van der Waals surface area contributed by atoms with Gasteiger partial charge in [-0.1, -0.05) is 35.4 Å². The van der Waals surface area contributed by atoms with Crippen LogP contribution in [-0.4, -0.2) is 10.9 Å². The fourth-order valence-electron chi connectivity index (χ4n) is 3.55. The highest BCUT2D eigenvalue weighted by molar-refractivity contribution is 6.33. The maximum absolute atomic E-state index is 12.7. The number of amides is 1. The molecule has 3 aromatic rings. The first-order chi connectivity index (χ1) is 11.6. The van der Waals surface area contributed by atoms with E-state index in [-0.39, 0.29) is 11.8 Å². The zero-order chi connectivity index (χ0) is 16.7. The summed E-state index contributed by atoms with van der Waals surface area (Å²) in [5.41, 5.74) is 5.66. The number of carbonyl (C=O) groups excluding carboxylic acids is 1. The number of aryl methyl sites for hydroxylation is 2. The van der Waals surface area contributed by atoms with E-state index in [1.54, 1.807) is 6.07 Å². The summed E-state index contributed by atoms with van der Waals surface area (Å²) in [6.45, 7) is 2.10. The number of hydrogen-bond acceptors (Lipinski definition) is 1. The number of halogens is 1. The lowest BCUT2D eigenvalue weighted by atomic mass is 9.85. The van der Waals surface area contributed by atoms with Crippen molar-refractivity contribution < 1.29 is 4.79 Å². The van der Waals surface area contributed by atoms with Crippen LogP contribution < -0.4 is 5.32 Å². The molecule has 1 unspecified atom stereocenters. The zero-order valence-electron chi connectivity index (χ0n) is 13.5. The van der Waals surface area contributed by atoms with Crippen LogP contribution in [-0.2, 0) is 17.6 Å². The predicted molar refractivity (Wildman–Crippen MR) is 98.6 cm³/mol. The molecule has 1 atom stereocenters. The summed E-state index contributed by atoms with van der Waals surface area (Å²) in [6, 6.07) is 13.8. The molecular weight excluding hydrogens is 320 g/mol. The highest BCUT2D eigenvalue weighted by atomic mass is 35.5. The van der Waals surface area contributed by atoms with E-state index in [2.05, 4.69) is 35.4 Å². The van der Waals surface area contributed by atoms with Gasteiger partial charge in [-0.2, -0.15) is 0 Å². The number of nitrogens with one attached hydrogen (secondary N) is 2. The molecule has 0 saturated heterocycles. The van der Waals surface area contributed by atoms with Crippen LogP contribution in [0.1, 0.15) is 23.2 Å². The summed E-state index contributed by atoms with van der Waals surface area (Å²) in [7, 11) is 0. The van der Waals surface area contributed by atoms with Gasteiger partial charge < -0.3 is 10.3 Å². The van der Waals surface area contributed by atoms with E-state index in [9.17, 15) is 4.79 Å². The van der Waals surface area contributed by atoms with E-state index in [1.807, 2.05) is 18.2 Å². The third-order valence-electron chi connectivity index (χ3n) is 4.85. The molecule has 2 N–H and O–H groups in total. The molecule has 0 spiro atoms. The average molecular weight is 339 g/mol. The van der Waals surface area contributed by atoms with Gasteiger partial charge in [-0.15, -0.1) is 0 Å². The number of anilines is 1. The molecule has 0 fully saturated rings. The smallest absolute Gasteiger partial charge is 0.227 e. The van der Waals surface area contributed by atoms with Gasteiger partial charge in [-0.05, 0) is 56.0 Å². The third kappa shape index (κ3) is 2.69. The molecule has 122 valence electrons. The van der Waals surface area contributed by atoms with Crippen molar-refractivity contribution >= 4 is 34.1 Å². The SMILES string of the molecule is Cc1ccc2[nH]c3c(c2c1)CC(C(=O)Nc1ccccc1Cl)CC3. The van der Waals surface area contributed by atoms with Gasteiger partial charge in [-0.3, -0.25) is 4.79 Å². The first-order valence-corrected chi connectivity index (χ1v) is 8.65. The van der Waals surface area contributed by atoms with E-state index < -0.39 is 0 Å². The predicted octanol–water partition coefficient (Wildman–Crippen LogP) is 4.87. The van der Waals surface area contributed by atoms with E-state index in [1.165, 1.54) is 22.2 Å². The Morgan fingerprint density at radius 2 is 2.08 bits per heavy atom. The van der Waals surface area contributed by atoms with Gasteiger partial charge in [-0.25, -0.2) is 0 Å². The quantitative estimate of drug-likeness (QED) is 0.687. The lowest BCUT2D eigenvalue weighted by molar-refractivity contribution is -0.120. The van der Waals surface area contributed by atoms with Gasteiger partial charge in [0.1, 0.15) is 0 Å². The number of aromatic nitrogens is 1. The van der Waals surface area contributed by atoms with Gasteiger partial charge in [0, 0.05) is 22.5 Å². The first kappa shape index (κ1) is 15.3. The van der Waals surface area contributed by atoms with Crippen molar-refractivity contribution in [3.8, 4) is 0 Å². The van der Waals surface area contributed by atoms with Crippen LogP contribution in [0.25, 0.3) is 10.9 Å². The Morgan fingerprint density at radius 1 is 1.25 bits per heavy atom. The highest BCUT2D eigenvalue weighted by Gasteiger charge is 2.27. The summed E-state index contributed by atoms with van der Waals surface area (Å²) in [6.07, 6.45) is 2.54. The molecule has 2 aromatic carbocycles. The number of H-pyrrole nitrogens is 1. The Labute approximate surface area is 146 Å². The third-order valence-corrected chi connectivity index (χ3v) is 5.18. The minimum absolute atomic E-state index is 0.0201. The Kier molecular flexibility index (Phi) is 3.81. The second kappa shape index (κ2) is 5.99. The van der Waals surface area contributed by atoms with E-state index in [0.717, 1.165) is 24.8 Å². The van der Waals surface area contributed by atoms with Gasteiger partial charge in [0.25, 0.3) is 0 Å². The number of fused-ring (bicyclic) bond motifs is 3. The van der Waals surface area contributed by atoms with Gasteiger partial charge in [0.2, 0.25) is 5.91 Å². The van der Waals surface area contributed by atoms with Crippen LogP contribution in [0.5, 0.6) is 0 Å². The summed E-state index contributed by atoms with van der Waals surface area (Å²) in [4.78, 5) is 16.2. The lowest BCUT2D eigenvalue weighted by Crippen LogP contribution is -2.28. The summed E-state index contributed by atoms with van der Waals surface area (Å²) in [5, 5.41) is 4.81. The molecule has 4 rings (SSSR count). The van der Waals surface area contributed by atoms with E-state index in [0.29, 0.717) is 10.7 Å². The van der Waals surface area contributed by atoms with Crippen LogP contribution in [0.3, 0.4) is 0 Å². The van der Waals surface area contributed by atoms with Crippen LogP contribution in [0.4, 0.5) is 5.69 Å². The molecule has 0 bridgehead atoms. The molecule has 1 aliphatic carbocycles. The topological polar surface area (TPSA) is 44.9 Å². The molecule has 1 aromatic heterocycles. The Hall–Kier alpha value is -2.26. The molecule has 0 radical (unpaired) electrons. The maximum Gasteiger partial charge on any atom is 0.227 e. The maximum atomic E-state index is 12.7. The zero-order valence-corrected chi connectivity index (χ0v) is 14.3. The van der Waals surface area contributed by atoms with Crippen molar-refractivity contribution in [1.29, 1.82) is 0 Å². The second-order valence-corrected chi connectivity index (χ2v) is 6.95. The van der Waals surface area contributed by atoms with Crippen LogP contribution in [0.15, 0.2) is 42.5 Å². The van der Waals surface area contributed by atoms with Crippen molar-refractivity contribution in [3.63, 3.8) is 0 Å². The molecule has 24 heavy (non-hydrogen) atoms. The number of benzene rings is 2. The number of para-hydroxylation sites is 1. The highest BCUT2D eigenvalue weighted by Crippen LogP contribution is 2.33. The molecule has 1 heterocycles. The summed E-state index contributed by atoms with van der Waals surface area (Å²) in [5.74, 6) is 0.0315. The Bertz CT molecular complexity index is 929. The lowest BCUT2D eigenvalue weighted by Gasteiger charge is -2.22. The molecule has 4 heteroatoms. The van der Waals surface area contributed by atoms with Crippen LogP contribution in [0, 0.1) is 12.8 Å². The first-order valence-electron chi connectivity index (χ1n) is 8.27. The van der Waals surface area contributed by atoms with Crippen molar-refractivity contribution in [2.45, 2.75) is 26.2 Å². The van der Waals surface area contributed by atoms with Crippen LogP contribution in [0.2, 0.25) is 5.02 Å². The van der Waals surface area contributed by atoms with Crippen molar-refractivity contribution in [3.05, 3.63) is 64.3 Å². The minimum atomic E-state index is -0.0201. The minimum Gasteiger partial charge on any atom is -0.358 e. The van der Waals surface area contributed by atoms with Gasteiger partial charge in [0.05, 0.1) is 10.7 Å². The van der Waals surface area contributed by atoms with Gasteiger partial charge >= 0.3 is 0 Å². The largest absolute Gasteiger partial charge is 0.358 e.